The second-order valence-electron chi connectivity index (χ2n) is 6.86. The fourth-order valence-corrected chi connectivity index (χ4v) is 3.21. The molecule has 1 aromatic heterocycles. The van der Waals surface area contributed by atoms with Crippen LogP contribution in [0.5, 0.6) is 0 Å². The molecule has 1 aliphatic heterocycles. The lowest BCUT2D eigenvalue weighted by Gasteiger charge is -2.34. The number of fused-ring (bicyclic) bond motifs is 1. The normalized spacial score (nSPS) is 17.8. The zero-order valence-corrected chi connectivity index (χ0v) is 14.7. The number of nitrogens with zero attached hydrogens (tertiary/aromatic N) is 3. The molecule has 0 radical (unpaired) electrons. The van der Waals surface area contributed by atoms with Gasteiger partial charge in [0.15, 0.2) is 0 Å². The Bertz CT molecular complexity index is 740. The number of likely N-dealkylation sites (N-methyl/N-ethyl adjacent to an activating group) is 2. The number of piperazine rings is 1. The molecule has 1 aromatic carbocycles. The van der Waals surface area contributed by atoms with E-state index in [1.54, 1.807) is 19.2 Å². The summed E-state index contributed by atoms with van der Waals surface area (Å²) in [6.45, 7) is 4.66. The molecule has 136 valence electrons. The van der Waals surface area contributed by atoms with Gasteiger partial charge in [0.1, 0.15) is 11.5 Å². The van der Waals surface area contributed by atoms with Crippen LogP contribution in [0.25, 0.3) is 10.9 Å². The molecule has 0 aliphatic carbocycles. The predicted molar refractivity (Wildman–Crippen MR) is 95.2 cm³/mol. The number of amides is 1. The van der Waals surface area contributed by atoms with Gasteiger partial charge in [-0.2, -0.15) is 0 Å². The van der Waals surface area contributed by atoms with E-state index < -0.39 is 6.10 Å². The average Bonchev–Trinajstić information content (AvgIpc) is 2.99. The van der Waals surface area contributed by atoms with Crippen LogP contribution in [0.3, 0.4) is 0 Å². The highest BCUT2D eigenvalue weighted by atomic mass is 19.1. The molecule has 1 fully saturated rings. The number of aromatic amines is 1. The van der Waals surface area contributed by atoms with E-state index in [4.69, 9.17) is 0 Å². The number of carbonyl (C=O) groups is 1. The lowest BCUT2D eigenvalue weighted by molar-refractivity contribution is 0.0499. The maximum Gasteiger partial charge on any atom is 0.270 e. The number of H-pyrrole nitrogens is 1. The Morgan fingerprint density at radius 3 is 2.76 bits per heavy atom. The topological polar surface area (TPSA) is 62.8 Å². The van der Waals surface area contributed by atoms with Crippen molar-refractivity contribution in [2.75, 3.05) is 53.4 Å². The van der Waals surface area contributed by atoms with Crippen LogP contribution in [0, 0.1) is 5.82 Å². The molecule has 1 saturated heterocycles. The number of hydrogen-bond donors (Lipinski definition) is 2. The van der Waals surface area contributed by atoms with Crippen LogP contribution in [0.1, 0.15) is 10.5 Å². The number of halogens is 1. The van der Waals surface area contributed by atoms with Crippen molar-refractivity contribution in [2.24, 2.45) is 0 Å². The molecule has 7 heteroatoms. The molecule has 1 amide bonds. The number of rotatable bonds is 5. The minimum absolute atomic E-state index is 0.214. The summed E-state index contributed by atoms with van der Waals surface area (Å²) >= 11 is 0. The molecular formula is C18H25FN4O2. The Balaban J connectivity index is 1.57. The van der Waals surface area contributed by atoms with Gasteiger partial charge in [0.05, 0.1) is 6.10 Å². The first kappa shape index (κ1) is 17.8. The number of carbonyl (C=O) groups excluding carboxylic acids is 1. The highest BCUT2D eigenvalue weighted by molar-refractivity contribution is 5.97. The van der Waals surface area contributed by atoms with E-state index in [-0.39, 0.29) is 18.3 Å². The lowest BCUT2D eigenvalue weighted by atomic mass is 10.2. The van der Waals surface area contributed by atoms with Gasteiger partial charge in [-0.15, -0.1) is 0 Å². The van der Waals surface area contributed by atoms with Crippen molar-refractivity contribution in [3.63, 3.8) is 0 Å². The minimum Gasteiger partial charge on any atom is -0.390 e. The lowest BCUT2D eigenvalue weighted by Crippen LogP contribution is -2.49. The first-order chi connectivity index (χ1) is 11.9. The highest BCUT2D eigenvalue weighted by Gasteiger charge is 2.21. The number of nitrogens with one attached hydrogen (secondary N) is 1. The predicted octanol–water partition coefficient (Wildman–Crippen LogP) is 0.987. The largest absolute Gasteiger partial charge is 0.390 e. The van der Waals surface area contributed by atoms with Crippen molar-refractivity contribution in [1.82, 2.24) is 19.7 Å². The molecule has 2 heterocycles. The number of hydrogen-bond acceptors (Lipinski definition) is 4. The first-order valence-corrected chi connectivity index (χ1v) is 8.55. The van der Waals surface area contributed by atoms with Gasteiger partial charge in [0.25, 0.3) is 5.91 Å². The molecule has 1 unspecified atom stereocenters. The monoisotopic (exact) mass is 348 g/mol. The number of β-amino-alcohol motifs (C(OH)–C–C–N with tert-alkyl or cyclic N) is 1. The molecule has 0 bridgehead atoms. The van der Waals surface area contributed by atoms with Crippen LogP contribution >= 0.6 is 0 Å². The van der Waals surface area contributed by atoms with Gasteiger partial charge in [-0.3, -0.25) is 9.69 Å². The number of benzene rings is 1. The molecule has 2 aromatic rings. The summed E-state index contributed by atoms with van der Waals surface area (Å²) in [4.78, 5) is 21.5. The second-order valence-corrected chi connectivity index (χ2v) is 6.86. The maximum absolute atomic E-state index is 13.3. The van der Waals surface area contributed by atoms with Crippen molar-refractivity contribution < 1.29 is 14.3 Å². The zero-order chi connectivity index (χ0) is 18.0. The molecule has 1 atom stereocenters. The number of aromatic nitrogens is 1. The van der Waals surface area contributed by atoms with Crippen molar-refractivity contribution >= 4 is 16.8 Å². The summed E-state index contributed by atoms with van der Waals surface area (Å²) in [6.07, 6.45) is -0.598. The Kier molecular flexibility index (Phi) is 5.36. The van der Waals surface area contributed by atoms with Crippen LogP contribution in [-0.4, -0.2) is 90.2 Å². The van der Waals surface area contributed by atoms with Crippen LogP contribution in [0.2, 0.25) is 0 Å². The third-order valence-corrected chi connectivity index (χ3v) is 4.71. The number of aliphatic hydroxyl groups is 1. The Labute approximate surface area is 146 Å². The first-order valence-electron chi connectivity index (χ1n) is 8.55. The molecule has 0 spiro atoms. The summed E-state index contributed by atoms with van der Waals surface area (Å²) in [5.41, 5.74) is 1.12. The van der Waals surface area contributed by atoms with E-state index in [0.29, 0.717) is 17.6 Å². The van der Waals surface area contributed by atoms with E-state index >= 15 is 0 Å². The summed E-state index contributed by atoms with van der Waals surface area (Å²) in [5, 5.41) is 11.0. The van der Waals surface area contributed by atoms with Crippen molar-refractivity contribution in [2.45, 2.75) is 6.10 Å². The van der Waals surface area contributed by atoms with Gasteiger partial charge in [-0.05, 0) is 31.3 Å². The molecule has 25 heavy (non-hydrogen) atoms. The highest BCUT2D eigenvalue weighted by Crippen LogP contribution is 2.17. The zero-order valence-electron chi connectivity index (χ0n) is 14.7. The third-order valence-electron chi connectivity index (χ3n) is 4.71. The Hall–Kier alpha value is -1.96. The molecule has 3 rings (SSSR count). The van der Waals surface area contributed by atoms with E-state index in [2.05, 4.69) is 21.8 Å². The van der Waals surface area contributed by atoms with Gasteiger partial charge in [0, 0.05) is 57.2 Å². The fraction of sp³-hybridized carbons (Fsp3) is 0.500. The summed E-state index contributed by atoms with van der Waals surface area (Å²) in [5.74, 6) is -0.546. The summed E-state index contributed by atoms with van der Waals surface area (Å²) < 4.78 is 13.3. The maximum atomic E-state index is 13.3. The molecule has 0 saturated carbocycles. The van der Waals surface area contributed by atoms with Gasteiger partial charge in [0.2, 0.25) is 0 Å². The third kappa shape index (κ3) is 4.36. The van der Waals surface area contributed by atoms with Gasteiger partial charge >= 0.3 is 0 Å². The minimum atomic E-state index is -0.598. The van der Waals surface area contributed by atoms with Crippen LogP contribution in [0.15, 0.2) is 24.3 Å². The molecule has 6 nitrogen and oxygen atoms in total. The Morgan fingerprint density at radius 2 is 2.04 bits per heavy atom. The molecule has 2 N–H and O–H groups in total. The van der Waals surface area contributed by atoms with Crippen LogP contribution in [-0.2, 0) is 0 Å². The van der Waals surface area contributed by atoms with Gasteiger partial charge in [-0.1, -0.05) is 0 Å². The van der Waals surface area contributed by atoms with E-state index in [0.717, 1.165) is 31.7 Å². The van der Waals surface area contributed by atoms with Crippen LogP contribution in [0.4, 0.5) is 4.39 Å². The van der Waals surface area contributed by atoms with Crippen LogP contribution < -0.4 is 0 Å². The quantitative estimate of drug-likeness (QED) is 0.846. The summed E-state index contributed by atoms with van der Waals surface area (Å²) in [6, 6.07) is 6.01. The number of aliphatic hydroxyl groups excluding tert-OH is 1. The standard InChI is InChI=1S/C18H25FN4O2/c1-21-5-7-23(8-6-21)12-15(24)11-22(2)18(25)17-10-13-9-14(19)3-4-16(13)20-17/h3-4,9-10,15,20,24H,5-8,11-12H2,1-2H3. The smallest absolute Gasteiger partial charge is 0.270 e. The Morgan fingerprint density at radius 1 is 1.32 bits per heavy atom. The van der Waals surface area contributed by atoms with Crippen molar-refractivity contribution in [1.29, 1.82) is 0 Å². The fourth-order valence-electron chi connectivity index (χ4n) is 3.21. The van der Waals surface area contributed by atoms with Gasteiger partial charge < -0.3 is 19.9 Å². The van der Waals surface area contributed by atoms with E-state index in [1.807, 2.05) is 0 Å². The molecular weight excluding hydrogens is 323 g/mol. The van der Waals surface area contributed by atoms with Crippen molar-refractivity contribution in [3.8, 4) is 0 Å². The van der Waals surface area contributed by atoms with E-state index in [1.165, 1.54) is 17.0 Å². The average molecular weight is 348 g/mol. The van der Waals surface area contributed by atoms with Gasteiger partial charge in [-0.25, -0.2) is 4.39 Å². The second kappa shape index (κ2) is 7.51. The van der Waals surface area contributed by atoms with E-state index in [9.17, 15) is 14.3 Å². The summed E-state index contributed by atoms with van der Waals surface area (Å²) in [7, 11) is 3.76. The molecule has 1 aliphatic rings. The SMILES string of the molecule is CN1CCN(CC(O)CN(C)C(=O)c2cc3cc(F)ccc3[nH]2)CC1. The van der Waals surface area contributed by atoms with Crippen molar-refractivity contribution in [3.05, 3.63) is 35.8 Å².